The number of piperidine rings is 1. The Morgan fingerprint density at radius 1 is 1.18 bits per heavy atom. The quantitative estimate of drug-likeness (QED) is 0.575. The summed E-state index contributed by atoms with van der Waals surface area (Å²) in [4.78, 5) is 38.1. The third-order valence-corrected chi connectivity index (χ3v) is 6.20. The van der Waals surface area contributed by atoms with Gasteiger partial charge in [-0.2, -0.15) is 10.0 Å². The number of carbonyl (C=O) groups is 1. The lowest BCUT2D eigenvalue weighted by Gasteiger charge is -2.28. The normalized spacial score (nSPS) is 18.8. The number of aromatic nitrogens is 4. The monoisotopic (exact) mass is 455 g/mol. The van der Waals surface area contributed by atoms with Gasteiger partial charge in [0.25, 0.3) is 0 Å². The smallest absolute Gasteiger partial charge is 0.378 e. The van der Waals surface area contributed by atoms with Gasteiger partial charge in [0, 0.05) is 43.2 Å². The van der Waals surface area contributed by atoms with E-state index in [9.17, 15) is 4.79 Å². The maximum Gasteiger partial charge on any atom is 0.431 e. The molecule has 0 aromatic carbocycles. The topological polar surface area (TPSA) is 144 Å². The van der Waals surface area contributed by atoms with E-state index in [1.807, 2.05) is 0 Å². The molecule has 0 saturated carbocycles. The number of fused-ring (bicyclic) bond motifs is 1. The molecule has 0 atom stereocenters. The van der Waals surface area contributed by atoms with Crippen molar-refractivity contribution >= 4 is 23.8 Å². The number of hydrogen-bond donors (Lipinski definition) is 3. The Bertz CT molecular complexity index is 976. The van der Waals surface area contributed by atoms with Crippen LogP contribution in [0.1, 0.15) is 18.4 Å². The lowest BCUT2D eigenvalue weighted by molar-refractivity contribution is 0.122. The molecule has 5 heterocycles. The first kappa shape index (κ1) is 21.6. The summed E-state index contributed by atoms with van der Waals surface area (Å²) >= 11 is 0. The van der Waals surface area contributed by atoms with Gasteiger partial charge in [-0.25, -0.2) is 19.7 Å². The summed E-state index contributed by atoms with van der Waals surface area (Å²) < 4.78 is 5.47. The summed E-state index contributed by atoms with van der Waals surface area (Å²) in [6.45, 7) is 5.68. The van der Waals surface area contributed by atoms with E-state index in [4.69, 9.17) is 25.3 Å². The maximum atomic E-state index is 12.5. The van der Waals surface area contributed by atoms with Crippen molar-refractivity contribution in [1.29, 1.82) is 0 Å². The summed E-state index contributed by atoms with van der Waals surface area (Å²) in [7, 11) is 0. The number of anilines is 3. The van der Waals surface area contributed by atoms with E-state index in [0.29, 0.717) is 63.5 Å². The van der Waals surface area contributed by atoms with E-state index in [1.165, 1.54) is 0 Å². The average Bonchev–Trinajstić information content (AvgIpc) is 3.26. The fraction of sp³-hybridized carbons (Fsp3) is 0.571. The van der Waals surface area contributed by atoms with Crippen molar-refractivity contribution in [3.8, 4) is 11.3 Å². The summed E-state index contributed by atoms with van der Waals surface area (Å²) in [5, 5.41) is 7.79. The Hall–Kier alpha value is -3.25. The van der Waals surface area contributed by atoms with Crippen LogP contribution in [0.2, 0.25) is 0 Å². The number of nitrogens with two attached hydrogens (primary N) is 1. The highest BCUT2D eigenvalue weighted by Crippen LogP contribution is 2.35. The maximum absolute atomic E-state index is 12.5. The molecular weight excluding hydrogens is 426 g/mol. The number of ether oxygens (including phenoxy) is 1. The SMILES string of the molecule is Nc1ncc(-c2nc(N3CCOCC3)nc3c2CCN3OC(=O)NCC2CCNCC2)cn1. The Morgan fingerprint density at radius 2 is 1.94 bits per heavy atom. The predicted molar refractivity (Wildman–Crippen MR) is 122 cm³/mol. The second-order valence-corrected chi connectivity index (χ2v) is 8.41. The zero-order valence-corrected chi connectivity index (χ0v) is 18.5. The second-order valence-electron chi connectivity index (χ2n) is 8.41. The molecule has 2 aromatic rings. The largest absolute Gasteiger partial charge is 0.431 e. The van der Waals surface area contributed by atoms with Crippen LogP contribution in [0, 0.1) is 5.92 Å². The molecule has 12 nitrogen and oxygen atoms in total. The van der Waals surface area contributed by atoms with Gasteiger partial charge in [0.15, 0.2) is 5.82 Å². The van der Waals surface area contributed by atoms with Gasteiger partial charge in [0.1, 0.15) is 0 Å². The van der Waals surface area contributed by atoms with Crippen LogP contribution in [0.3, 0.4) is 0 Å². The fourth-order valence-corrected chi connectivity index (χ4v) is 4.35. The summed E-state index contributed by atoms with van der Waals surface area (Å²) in [6, 6.07) is 0. The highest BCUT2D eigenvalue weighted by molar-refractivity contribution is 5.74. The number of nitrogen functional groups attached to an aromatic ring is 1. The molecule has 2 saturated heterocycles. The third-order valence-electron chi connectivity index (χ3n) is 6.20. The summed E-state index contributed by atoms with van der Waals surface area (Å²) in [5.41, 5.74) is 8.03. The Balaban J connectivity index is 1.37. The van der Waals surface area contributed by atoms with E-state index < -0.39 is 6.09 Å². The number of hydrogen-bond acceptors (Lipinski definition) is 11. The van der Waals surface area contributed by atoms with E-state index in [2.05, 4.69) is 25.5 Å². The third kappa shape index (κ3) is 4.91. The van der Waals surface area contributed by atoms with E-state index >= 15 is 0 Å². The number of rotatable bonds is 5. The number of amides is 1. The zero-order chi connectivity index (χ0) is 22.6. The molecule has 2 fully saturated rings. The highest BCUT2D eigenvalue weighted by Gasteiger charge is 2.31. The molecule has 12 heteroatoms. The zero-order valence-electron chi connectivity index (χ0n) is 18.5. The number of morpholine rings is 1. The van der Waals surface area contributed by atoms with Gasteiger partial charge in [-0.3, -0.25) is 0 Å². The lowest BCUT2D eigenvalue weighted by atomic mass is 9.98. The second kappa shape index (κ2) is 9.71. The van der Waals surface area contributed by atoms with Crippen LogP contribution >= 0.6 is 0 Å². The van der Waals surface area contributed by atoms with Gasteiger partial charge in [-0.05, 0) is 38.3 Å². The predicted octanol–water partition coefficient (Wildman–Crippen LogP) is 0.356. The van der Waals surface area contributed by atoms with Gasteiger partial charge in [-0.15, -0.1) is 0 Å². The molecule has 0 spiro atoms. The summed E-state index contributed by atoms with van der Waals surface area (Å²) in [6.07, 6.45) is 5.59. The van der Waals surface area contributed by atoms with Crippen LogP contribution < -0.4 is 26.3 Å². The molecule has 1 amide bonds. The Morgan fingerprint density at radius 3 is 2.70 bits per heavy atom. The van der Waals surface area contributed by atoms with Crippen LogP contribution in [-0.4, -0.2) is 78.5 Å². The lowest BCUT2D eigenvalue weighted by Crippen LogP contribution is -2.39. The minimum Gasteiger partial charge on any atom is -0.378 e. The number of nitrogens with zero attached hydrogens (tertiary/aromatic N) is 6. The molecule has 176 valence electrons. The molecule has 0 aliphatic carbocycles. The standard InChI is InChI=1S/C21H29N9O3/c22-19-24-12-15(13-25-19)17-16-3-6-30(33-21(31)26-11-14-1-4-23-5-2-14)18(16)28-20(27-17)29-7-9-32-10-8-29/h12-14,23H,1-11H2,(H,26,31)(H2,22,24,25). The van der Waals surface area contributed by atoms with Crippen LogP contribution in [0.15, 0.2) is 12.4 Å². The minimum atomic E-state index is -0.467. The van der Waals surface area contributed by atoms with Crippen LogP contribution in [0.25, 0.3) is 11.3 Å². The van der Waals surface area contributed by atoms with Gasteiger partial charge in [-0.1, -0.05) is 0 Å². The molecule has 5 rings (SSSR count). The van der Waals surface area contributed by atoms with Crippen molar-refractivity contribution in [2.45, 2.75) is 19.3 Å². The minimum absolute atomic E-state index is 0.202. The fourth-order valence-electron chi connectivity index (χ4n) is 4.35. The number of carbonyl (C=O) groups excluding carboxylic acids is 1. The molecule has 0 unspecified atom stereocenters. The van der Waals surface area contributed by atoms with Crippen molar-refractivity contribution in [2.24, 2.45) is 5.92 Å². The van der Waals surface area contributed by atoms with E-state index in [0.717, 1.165) is 42.8 Å². The van der Waals surface area contributed by atoms with Gasteiger partial charge in [0.05, 0.1) is 25.5 Å². The van der Waals surface area contributed by atoms with E-state index in [1.54, 1.807) is 17.5 Å². The summed E-state index contributed by atoms with van der Waals surface area (Å²) in [5.74, 6) is 1.83. The Labute approximate surface area is 191 Å². The molecule has 0 radical (unpaired) electrons. The van der Waals surface area contributed by atoms with E-state index in [-0.39, 0.29) is 5.95 Å². The van der Waals surface area contributed by atoms with Gasteiger partial charge < -0.3 is 30.8 Å². The average molecular weight is 456 g/mol. The molecule has 4 N–H and O–H groups in total. The van der Waals surface area contributed by atoms with Crippen molar-refractivity contribution in [3.05, 3.63) is 18.0 Å². The van der Waals surface area contributed by atoms with Gasteiger partial charge in [0.2, 0.25) is 11.9 Å². The van der Waals surface area contributed by atoms with Gasteiger partial charge >= 0.3 is 6.09 Å². The van der Waals surface area contributed by atoms with Crippen LogP contribution in [0.5, 0.6) is 0 Å². The molecule has 3 aliphatic rings. The number of hydroxylamine groups is 1. The highest BCUT2D eigenvalue weighted by atomic mass is 16.7. The van der Waals surface area contributed by atoms with Crippen molar-refractivity contribution in [2.75, 3.05) is 68.2 Å². The van der Waals surface area contributed by atoms with Crippen molar-refractivity contribution in [1.82, 2.24) is 30.6 Å². The first-order valence-electron chi connectivity index (χ1n) is 11.4. The molecular formula is C21H29N9O3. The van der Waals surface area contributed by atoms with Crippen molar-refractivity contribution < 1.29 is 14.4 Å². The molecule has 3 aliphatic heterocycles. The first-order chi connectivity index (χ1) is 16.2. The van der Waals surface area contributed by atoms with Crippen LogP contribution in [0.4, 0.5) is 22.5 Å². The Kier molecular flexibility index (Phi) is 6.35. The first-order valence-corrected chi connectivity index (χ1v) is 11.4. The molecule has 0 bridgehead atoms. The number of nitrogens with one attached hydrogen (secondary N) is 2. The van der Waals surface area contributed by atoms with Crippen molar-refractivity contribution in [3.63, 3.8) is 0 Å². The molecule has 33 heavy (non-hydrogen) atoms. The molecule has 2 aromatic heterocycles. The van der Waals surface area contributed by atoms with Crippen LogP contribution in [-0.2, 0) is 16.0 Å².